The zero-order chi connectivity index (χ0) is 10.6. The fraction of sp³-hybridized carbons (Fsp3) is 0.455. The number of aliphatic hydroxyl groups is 1. The maximum Gasteiger partial charge on any atom is 0.229 e. The molecule has 0 saturated carbocycles. The SMILES string of the molecule is CCCCCC1=CC(=O)C(=O)C=C1O. The van der Waals surface area contributed by atoms with E-state index in [4.69, 9.17) is 0 Å². The Morgan fingerprint density at radius 3 is 2.43 bits per heavy atom. The molecule has 1 rings (SSSR count). The molecule has 76 valence electrons. The summed E-state index contributed by atoms with van der Waals surface area (Å²) < 4.78 is 0. The van der Waals surface area contributed by atoms with Crippen LogP contribution in [0.15, 0.2) is 23.5 Å². The van der Waals surface area contributed by atoms with Crippen LogP contribution in [-0.2, 0) is 9.59 Å². The zero-order valence-electron chi connectivity index (χ0n) is 8.25. The van der Waals surface area contributed by atoms with Gasteiger partial charge >= 0.3 is 0 Å². The van der Waals surface area contributed by atoms with Crippen molar-refractivity contribution in [1.29, 1.82) is 0 Å². The minimum absolute atomic E-state index is 0.0503. The molecule has 0 amide bonds. The highest BCUT2D eigenvalue weighted by Gasteiger charge is 2.18. The molecule has 3 heteroatoms. The summed E-state index contributed by atoms with van der Waals surface area (Å²) in [6, 6.07) is 0. The van der Waals surface area contributed by atoms with E-state index in [1.165, 1.54) is 6.08 Å². The molecule has 0 spiro atoms. The van der Waals surface area contributed by atoms with Crippen LogP contribution in [0.1, 0.15) is 32.6 Å². The van der Waals surface area contributed by atoms with Gasteiger partial charge in [0.1, 0.15) is 5.76 Å². The summed E-state index contributed by atoms with van der Waals surface area (Å²) in [7, 11) is 0. The van der Waals surface area contributed by atoms with Gasteiger partial charge in [-0.3, -0.25) is 9.59 Å². The molecule has 0 saturated heterocycles. The third kappa shape index (κ3) is 2.55. The number of hydrogen-bond acceptors (Lipinski definition) is 3. The normalized spacial score (nSPS) is 16.6. The van der Waals surface area contributed by atoms with Gasteiger partial charge in [-0.25, -0.2) is 0 Å². The van der Waals surface area contributed by atoms with E-state index in [1.54, 1.807) is 0 Å². The standard InChI is InChI=1S/C11H14O3/c1-2-3-4-5-8-6-10(13)11(14)7-9(8)12/h6-7,12H,2-5H2,1H3. The van der Waals surface area contributed by atoms with Crippen molar-refractivity contribution in [1.82, 2.24) is 0 Å². The molecule has 1 N–H and O–H groups in total. The van der Waals surface area contributed by atoms with Crippen molar-refractivity contribution in [2.45, 2.75) is 32.6 Å². The molecule has 0 heterocycles. The molecule has 1 aliphatic rings. The van der Waals surface area contributed by atoms with Crippen LogP contribution >= 0.6 is 0 Å². The van der Waals surface area contributed by atoms with E-state index in [0.717, 1.165) is 25.3 Å². The molecular weight excluding hydrogens is 180 g/mol. The number of carbonyl (C=O) groups is 2. The first kappa shape index (κ1) is 10.7. The average molecular weight is 194 g/mol. The number of hydrogen-bond donors (Lipinski definition) is 1. The fourth-order valence-electron chi connectivity index (χ4n) is 1.36. The van der Waals surface area contributed by atoms with E-state index < -0.39 is 11.6 Å². The van der Waals surface area contributed by atoms with Crippen molar-refractivity contribution < 1.29 is 14.7 Å². The summed E-state index contributed by atoms with van der Waals surface area (Å²) in [6.45, 7) is 2.08. The van der Waals surface area contributed by atoms with Crippen LogP contribution in [0.2, 0.25) is 0 Å². The highest BCUT2D eigenvalue weighted by molar-refractivity contribution is 6.46. The van der Waals surface area contributed by atoms with E-state index >= 15 is 0 Å². The molecule has 14 heavy (non-hydrogen) atoms. The average Bonchev–Trinajstić information content (AvgIpc) is 2.14. The van der Waals surface area contributed by atoms with Gasteiger partial charge < -0.3 is 5.11 Å². The van der Waals surface area contributed by atoms with Crippen molar-refractivity contribution in [2.24, 2.45) is 0 Å². The van der Waals surface area contributed by atoms with Gasteiger partial charge in [-0.1, -0.05) is 19.8 Å². The van der Waals surface area contributed by atoms with Gasteiger partial charge in [-0.05, 0) is 24.5 Å². The van der Waals surface area contributed by atoms with E-state index in [1.807, 2.05) is 0 Å². The van der Waals surface area contributed by atoms with Gasteiger partial charge in [0, 0.05) is 6.08 Å². The molecule has 3 nitrogen and oxygen atoms in total. The lowest BCUT2D eigenvalue weighted by molar-refractivity contribution is -0.131. The molecule has 0 aromatic carbocycles. The third-order valence-corrected chi connectivity index (χ3v) is 2.19. The molecule has 0 aromatic heterocycles. The highest BCUT2D eigenvalue weighted by Crippen LogP contribution is 2.19. The molecular formula is C11H14O3. The molecule has 0 aromatic rings. The summed E-state index contributed by atoms with van der Waals surface area (Å²) in [5.41, 5.74) is 0.586. The van der Waals surface area contributed by atoms with Gasteiger partial charge in [-0.15, -0.1) is 0 Å². The quantitative estimate of drug-likeness (QED) is 0.423. The molecule has 0 radical (unpaired) electrons. The van der Waals surface area contributed by atoms with Crippen molar-refractivity contribution >= 4 is 11.6 Å². The predicted octanol–water partition coefficient (Wildman–Crippen LogP) is 2.09. The monoisotopic (exact) mass is 194 g/mol. The van der Waals surface area contributed by atoms with Gasteiger partial charge in [0.2, 0.25) is 11.6 Å². The molecule has 0 atom stereocenters. The predicted molar refractivity (Wildman–Crippen MR) is 53.0 cm³/mol. The third-order valence-electron chi connectivity index (χ3n) is 2.19. The summed E-state index contributed by atoms with van der Waals surface area (Å²) >= 11 is 0. The van der Waals surface area contributed by atoms with Gasteiger partial charge in [-0.2, -0.15) is 0 Å². The van der Waals surface area contributed by atoms with E-state index in [9.17, 15) is 14.7 Å². The first-order valence-corrected chi connectivity index (χ1v) is 4.85. The number of unbranched alkanes of at least 4 members (excludes halogenated alkanes) is 2. The van der Waals surface area contributed by atoms with Crippen molar-refractivity contribution in [3.05, 3.63) is 23.5 Å². The van der Waals surface area contributed by atoms with Crippen molar-refractivity contribution in [3.8, 4) is 0 Å². The Morgan fingerprint density at radius 1 is 1.14 bits per heavy atom. The van der Waals surface area contributed by atoms with Crippen LogP contribution in [-0.4, -0.2) is 16.7 Å². The number of allylic oxidation sites excluding steroid dienone is 3. The number of carbonyl (C=O) groups excluding carboxylic acids is 2. The largest absolute Gasteiger partial charge is 0.508 e. The Balaban J connectivity index is 2.60. The van der Waals surface area contributed by atoms with Crippen LogP contribution in [0.4, 0.5) is 0 Å². The first-order valence-electron chi connectivity index (χ1n) is 4.85. The van der Waals surface area contributed by atoms with Crippen molar-refractivity contribution in [3.63, 3.8) is 0 Å². The van der Waals surface area contributed by atoms with Crippen LogP contribution < -0.4 is 0 Å². The number of rotatable bonds is 4. The Labute approximate surface area is 83.1 Å². The topological polar surface area (TPSA) is 54.4 Å². The number of ketones is 2. The van der Waals surface area contributed by atoms with E-state index in [0.29, 0.717) is 12.0 Å². The summed E-state index contributed by atoms with van der Waals surface area (Å²) in [5.74, 6) is -1.22. The number of aliphatic hydroxyl groups excluding tert-OH is 1. The van der Waals surface area contributed by atoms with Crippen LogP contribution in [0.3, 0.4) is 0 Å². The van der Waals surface area contributed by atoms with E-state index in [2.05, 4.69) is 6.92 Å². The van der Waals surface area contributed by atoms with Crippen LogP contribution in [0, 0.1) is 0 Å². The summed E-state index contributed by atoms with van der Waals surface area (Å²) in [4.78, 5) is 21.9. The molecule has 0 fully saturated rings. The minimum Gasteiger partial charge on any atom is -0.508 e. The van der Waals surface area contributed by atoms with E-state index in [-0.39, 0.29) is 5.76 Å². The van der Waals surface area contributed by atoms with Gasteiger partial charge in [0.15, 0.2) is 0 Å². The zero-order valence-corrected chi connectivity index (χ0v) is 8.25. The Morgan fingerprint density at radius 2 is 1.79 bits per heavy atom. The maximum atomic E-state index is 11.0. The van der Waals surface area contributed by atoms with Crippen molar-refractivity contribution in [2.75, 3.05) is 0 Å². The second-order valence-electron chi connectivity index (χ2n) is 3.38. The summed E-state index contributed by atoms with van der Waals surface area (Å²) in [5, 5.41) is 9.38. The Bertz CT molecular complexity index is 310. The van der Waals surface area contributed by atoms with Crippen LogP contribution in [0.5, 0.6) is 0 Å². The molecule has 0 aliphatic heterocycles. The smallest absolute Gasteiger partial charge is 0.229 e. The minimum atomic E-state index is -0.637. The highest BCUT2D eigenvalue weighted by atomic mass is 16.3. The lowest BCUT2D eigenvalue weighted by Crippen LogP contribution is -2.14. The molecule has 1 aliphatic carbocycles. The van der Waals surface area contributed by atoms with Gasteiger partial charge in [0.05, 0.1) is 0 Å². The fourth-order valence-corrected chi connectivity index (χ4v) is 1.36. The second kappa shape index (κ2) is 4.74. The van der Waals surface area contributed by atoms with Crippen LogP contribution in [0.25, 0.3) is 0 Å². The summed E-state index contributed by atoms with van der Waals surface area (Å²) in [6.07, 6.45) is 5.99. The Kier molecular flexibility index (Phi) is 3.63. The lowest BCUT2D eigenvalue weighted by atomic mass is 9.98. The molecule has 0 bridgehead atoms. The molecule has 0 unspecified atom stereocenters. The maximum absolute atomic E-state index is 11.0. The second-order valence-corrected chi connectivity index (χ2v) is 3.38. The Hall–Kier alpha value is -1.38. The lowest BCUT2D eigenvalue weighted by Gasteiger charge is -2.09. The first-order chi connectivity index (χ1) is 6.65. The van der Waals surface area contributed by atoms with Gasteiger partial charge in [0.25, 0.3) is 0 Å².